The Labute approximate surface area is 126 Å². The number of hydrogen-bond donors (Lipinski definition) is 2. The summed E-state index contributed by atoms with van der Waals surface area (Å²) in [6.45, 7) is 5.39. The van der Waals surface area contributed by atoms with Crippen molar-refractivity contribution in [1.29, 1.82) is 0 Å². The first-order valence-corrected chi connectivity index (χ1v) is 7.48. The highest BCUT2D eigenvalue weighted by molar-refractivity contribution is 5.84. The van der Waals surface area contributed by atoms with Crippen LogP contribution in [-0.4, -0.2) is 38.8 Å². The number of nitrogens with two attached hydrogens (primary N) is 1. The first-order chi connectivity index (χ1) is 10.1. The number of nitrogens with one attached hydrogen (secondary N) is 1. The smallest absolute Gasteiger partial charge is 0.240 e. The molecule has 1 atom stereocenters. The zero-order chi connectivity index (χ0) is 15.2. The molecule has 0 bridgehead atoms. The minimum absolute atomic E-state index is 0.157. The van der Waals surface area contributed by atoms with Crippen molar-refractivity contribution < 1.29 is 9.53 Å². The van der Waals surface area contributed by atoms with Crippen molar-refractivity contribution in [2.75, 3.05) is 31.7 Å². The molecule has 0 radical (unpaired) electrons. The Bertz CT molecular complexity index is 490. The van der Waals surface area contributed by atoms with Crippen LogP contribution in [0.1, 0.15) is 24.0 Å². The Morgan fingerprint density at radius 1 is 1.52 bits per heavy atom. The van der Waals surface area contributed by atoms with Crippen molar-refractivity contribution in [3.05, 3.63) is 29.3 Å². The summed E-state index contributed by atoms with van der Waals surface area (Å²) < 4.78 is 5.02. The van der Waals surface area contributed by atoms with Gasteiger partial charge in [-0.1, -0.05) is 6.07 Å². The van der Waals surface area contributed by atoms with Gasteiger partial charge in [-0.05, 0) is 43.0 Å². The van der Waals surface area contributed by atoms with E-state index in [0.29, 0.717) is 6.61 Å². The van der Waals surface area contributed by atoms with E-state index in [9.17, 15) is 4.79 Å². The summed E-state index contributed by atoms with van der Waals surface area (Å²) in [6.07, 6.45) is 1.88. The molecule has 21 heavy (non-hydrogen) atoms. The van der Waals surface area contributed by atoms with Gasteiger partial charge in [0.25, 0.3) is 0 Å². The number of nitrogens with zero attached hydrogens (tertiary/aromatic N) is 1. The quantitative estimate of drug-likeness (QED) is 0.740. The lowest BCUT2D eigenvalue weighted by Gasteiger charge is -2.25. The molecule has 1 unspecified atom stereocenters. The van der Waals surface area contributed by atoms with Crippen LogP contribution in [0.2, 0.25) is 0 Å². The van der Waals surface area contributed by atoms with Crippen LogP contribution < -0.4 is 16.0 Å². The average Bonchev–Trinajstić information content (AvgIpc) is 2.94. The van der Waals surface area contributed by atoms with Crippen LogP contribution in [0.25, 0.3) is 0 Å². The average molecular weight is 291 g/mol. The molecule has 0 aromatic heterocycles. The molecule has 5 nitrogen and oxygen atoms in total. The fourth-order valence-corrected chi connectivity index (χ4v) is 2.83. The Morgan fingerprint density at radius 2 is 2.33 bits per heavy atom. The van der Waals surface area contributed by atoms with Crippen LogP contribution in [-0.2, 0) is 16.1 Å². The van der Waals surface area contributed by atoms with E-state index in [1.165, 1.54) is 11.1 Å². The molecule has 0 saturated carbocycles. The molecule has 1 aromatic carbocycles. The fraction of sp³-hybridized carbons (Fsp3) is 0.562. The van der Waals surface area contributed by atoms with Gasteiger partial charge < -0.3 is 20.7 Å². The van der Waals surface area contributed by atoms with E-state index in [2.05, 4.69) is 35.3 Å². The maximum Gasteiger partial charge on any atom is 0.240 e. The lowest BCUT2D eigenvalue weighted by Crippen LogP contribution is -2.40. The number of primary amides is 1. The van der Waals surface area contributed by atoms with Crippen molar-refractivity contribution in [1.82, 2.24) is 5.32 Å². The Morgan fingerprint density at radius 3 is 3.00 bits per heavy atom. The van der Waals surface area contributed by atoms with Gasteiger partial charge in [-0.15, -0.1) is 0 Å². The summed E-state index contributed by atoms with van der Waals surface area (Å²) in [7, 11) is 1.70. The highest BCUT2D eigenvalue weighted by atomic mass is 16.5. The molecule has 1 aliphatic rings. The normalized spacial score (nSPS) is 18.2. The molecule has 5 heteroatoms. The third-order valence-corrected chi connectivity index (χ3v) is 4.04. The molecule has 1 fully saturated rings. The standard InChI is InChI=1S/C16H25N3O2/c1-12-10-14(19-8-3-4-15(19)16(17)20)6-5-13(12)11-18-7-9-21-2/h5-6,10,15,18H,3-4,7-9,11H2,1-2H3,(H2,17,20). The summed E-state index contributed by atoms with van der Waals surface area (Å²) in [4.78, 5) is 13.6. The maximum atomic E-state index is 11.5. The van der Waals surface area contributed by atoms with Gasteiger partial charge in [0.05, 0.1) is 6.61 Å². The number of amides is 1. The predicted octanol–water partition coefficient (Wildman–Crippen LogP) is 1.19. The third-order valence-electron chi connectivity index (χ3n) is 4.04. The van der Waals surface area contributed by atoms with Crippen molar-refractivity contribution in [2.45, 2.75) is 32.4 Å². The van der Waals surface area contributed by atoms with E-state index in [1.807, 2.05) is 0 Å². The number of methoxy groups -OCH3 is 1. The van der Waals surface area contributed by atoms with Gasteiger partial charge in [-0.3, -0.25) is 4.79 Å². The number of hydrogen-bond acceptors (Lipinski definition) is 4. The molecular formula is C16H25N3O2. The highest BCUT2D eigenvalue weighted by Gasteiger charge is 2.29. The van der Waals surface area contributed by atoms with Gasteiger partial charge in [0.15, 0.2) is 0 Å². The molecule has 3 N–H and O–H groups in total. The number of aryl methyl sites for hydroxylation is 1. The van der Waals surface area contributed by atoms with E-state index in [-0.39, 0.29) is 11.9 Å². The monoisotopic (exact) mass is 291 g/mol. The van der Waals surface area contributed by atoms with Crippen molar-refractivity contribution in [3.8, 4) is 0 Å². The Hall–Kier alpha value is -1.59. The van der Waals surface area contributed by atoms with Crippen molar-refractivity contribution in [2.24, 2.45) is 5.73 Å². The second-order valence-electron chi connectivity index (χ2n) is 5.53. The second kappa shape index (κ2) is 7.43. The third kappa shape index (κ3) is 3.95. The number of benzene rings is 1. The molecule has 1 amide bonds. The molecule has 2 rings (SSSR count). The largest absolute Gasteiger partial charge is 0.383 e. The summed E-state index contributed by atoms with van der Waals surface area (Å²) in [5.41, 5.74) is 9.07. The topological polar surface area (TPSA) is 67.6 Å². The van der Waals surface area contributed by atoms with E-state index in [1.54, 1.807) is 7.11 Å². The van der Waals surface area contributed by atoms with E-state index in [4.69, 9.17) is 10.5 Å². The van der Waals surface area contributed by atoms with Gasteiger partial charge in [0, 0.05) is 32.4 Å². The van der Waals surface area contributed by atoms with Gasteiger partial charge in [-0.25, -0.2) is 0 Å². The first kappa shape index (κ1) is 15.8. The number of carbonyl (C=O) groups is 1. The summed E-state index contributed by atoms with van der Waals surface area (Å²) in [5, 5.41) is 3.35. The van der Waals surface area contributed by atoms with Crippen molar-refractivity contribution in [3.63, 3.8) is 0 Å². The first-order valence-electron chi connectivity index (χ1n) is 7.48. The summed E-state index contributed by atoms with van der Waals surface area (Å²) in [5.74, 6) is -0.226. The van der Waals surface area contributed by atoms with Crippen molar-refractivity contribution >= 4 is 11.6 Å². The minimum Gasteiger partial charge on any atom is -0.383 e. The summed E-state index contributed by atoms with van der Waals surface area (Å²) >= 11 is 0. The minimum atomic E-state index is -0.226. The van der Waals surface area contributed by atoms with Gasteiger partial charge >= 0.3 is 0 Å². The number of carbonyl (C=O) groups excluding carboxylic acids is 1. The van der Waals surface area contributed by atoms with Gasteiger partial charge in [0.1, 0.15) is 6.04 Å². The van der Waals surface area contributed by atoms with Gasteiger partial charge in [-0.2, -0.15) is 0 Å². The number of anilines is 1. The zero-order valence-corrected chi connectivity index (χ0v) is 12.9. The van der Waals surface area contributed by atoms with Crippen LogP contribution in [0.4, 0.5) is 5.69 Å². The fourth-order valence-electron chi connectivity index (χ4n) is 2.83. The van der Waals surface area contributed by atoms with Crippen LogP contribution >= 0.6 is 0 Å². The lowest BCUT2D eigenvalue weighted by atomic mass is 10.1. The number of rotatable bonds is 7. The highest BCUT2D eigenvalue weighted by Crippen LogP contribution is 2.27. The second-order valence-corrected chi connectivity index (χ2v) is 5.53. The van der Waals surface area contributed by atoms with E-state index in [0.717, 1.165) is 38.2 Å². The summed E-state index contributed by atoms with van der Waals surface area (Å²) in [6, 6.07) is 6.20. The molecule has 1 heterocycles. The van der Waals surface area contributed by atoms with Crippen LogP contribution in [0.5, 0.6) is 0 Å². The molecule has 116 valence electrons. The van der Waals surface area contributed by atoms with Crippen LogP contribution in [0.3, 0.4) is 0 Å². The molecule has 1 aliphatic heterocycles. The molecule has 1 aromatic rings. The lowest BCUT2D eigenvalue weighted by molar-refractivity contribution is -0.119. The van der Waals surface area contributed by atoms with Crippen LogP contribution in [0, 0.1) is 6.92 Å². The SMILES string of the molecule is COCCNCc1ccc(N2CCCC2C(N)=O)cc1C. The Balaban J connectivity index is 2.03. The van der Waals surface area contributed by atoms with Gasteiger partial charge in [0.2, 0.25) is 5.91 Å². The predicted molar refractivity (Wildman–Crippen MR) is 84.3 cm³/mol. The number of ether oxygens (including phenoxy) is 1. The zero-order valence-electron chi connectivity index (χ0n) is 12.9. The van der Waals surface area contributed by atoms with E-state index < -0.39 is 0 Å². The molecule has 0 spiro atoms. The molecule has 0 aliphatic carbocycles. The Kier molecular flexibility index (Phi) is 5.59. The molecule has 1 saturated heterocycles. The molecular weight excluding hydrogens is 266 g/mol. The van der Waals surface area contributed by atoms with Crippen LogP contribution in [0.15, 0.2) is 18.2 Å². The van der Waals surface area contributed by atoms with E-state index >= 15 is 0 Å². The maximum absolute atomic E-state index is 11.5.